The number of carbonyl (C=O) groups is 1. The van der Waals surface area contributed by atoms with Gasteiger partial charge in [-0.15, -0.1) is 0 Å². The van der Waals surface area contributed by atoms with E-state index in [9.17, 15) is 31.1 Å². The molecule has 1 N–H and O–H groups in total. The third-order valence-corrected chi connectivity index (χ3v) is 2.84. The fraction of sp³-hybridized carbons (Fsp3) is 0.400. The van der Waals surface area contributed by atoms with E-state index in [1.807, 2.05) is 0 Å². The first-order valence-electron chi connectivity index (χ1n) is 5.07. The van der Waals surface area contributed by atoms with Crippen LogP contribution in [-0.2, 0) is 11.0 Å². The molecule has 112 valence electrons. The van der Waals surface area contributed by atoms with E-state index in [1.165, 1.54) is 0 Å². The molecule has 0 aliphatic carbocycles. The van der Waals surface area contributed by atoms with Gasteiger partial charge in [0, 0.05) is 6.20 Å². The summed E-state index contributed by atoms with van der Waals surface area (Å²) in [5, 5.41) is 1.75. The van der Waals surface area contributed by atoms with E-state index in [0.717, 1.165) is 23.9 Å². The van der Waals surface area contributed by atoms with Crippen molar-refractivity contribution in [3.63, 3.8) is 0 Å². The van der Waals surface area contributed by atoms with E-state index in [1.54, 1.807) is 5.32 Å². The molecule has 0 saturated heterocycles. The number of alkyl halides is 6. The largest absolute Gasteiger partial charge is 0.417 e. The Hall–Kier alpha value is -1.45. The zero-order valence-corrected chi connectivity index (χ0v) is 10.5. The normalized spacial score (nSPS) is 12.3. The number of nitrogens with zero attached hydrogens (tertiary/aromatic N) is 1. The predicted molar refractivity (Wildman–Crippen MR) is 59.0 cm³/mol. The number of pyridine rings is 1. The zero-order chi connectivity index (χ0) is 15.4. The Morgan fingerprint density at radius 2 is 1.85 bits per heavy atom. The van der Waals surface area contributed by atoms with Crippen molar-refractivity contribution < 1.29 is 31.1 Å². The molecule has 1 aromatic rings. The first-order valence-corrected chi connectivity index (χ1v) is 6.06. The number of nitrogens with one attached hydrogen (secondary N) is 1. The molecule has 1 amide bonds. The van der Waals surface area contributed by atoms with E-state index in [-0.39, 0.29) is 10.8 Å². The van der Waals surface area contributed by atoms with Crippen molar-refractivity contribution in [2.24, 2.45) is 0 Å². The number of hydrogen-bond donors (Lipinski definition) is 1. The van der Waals surface area contributed by atoms with Crippen LogP contribution in [0.4, 0.5) is 26.3 Å². The number of hydrogen-bond acceptors (Lipinski definition) is 3. The summed E-state index contributed by atoms with van der Waals surface area (Å²) >= 11 is 0.741. The van der Waals surface area contributed by atoms with Gasteiger partial charge in [-0.25, -0.2) is 4.98 Å². The summed E-state index contributed by atoms with van der Waals surface area (Å²) in [6.07, 6.45) is -8.43. The molecule has 0 bridgehead atoms. The van der Waals surface area contributed by atoms with Gasteiger partial charge in [-0.3, -0.25) is 4.79 Å². The molecule has 3 nitrogen and oxygen atoms in total. The average Bonchev–Trinajstić information content (AvgIpc) is 2.32. The monoisotopic (exact) mass is 318 g/mol. The zero-order valence-electron chi connectivity index (χ0n) is 9.68. The molecule has 0 unspecified atom stereocenters. The van der Waals surface area contributed by atoms with Crippen LogP contribution in [0.5, 0.6) is 0 Å². The fourth-order valence-electron chi connectivity index (χ4n) is 1.02. The number of rotatable bonds is 4. The van der Waals surface area contributed by atoms with Crippen molar-refractivity contribution in [3.8, 4) is 0 Å². The summed E-state index contributed by atoms with van der Waals surface area (Å²) in [6.45, 7) is -1.45. The number of amides is 1. The molecule has 0 aliphatic rings. The molecule has 1 rings (SSSR count). The second-order valence-electron chi connectivity index (χ2n) is 3.56. The van der Waals surface area contributed by atoms with Crippen LogP contribution in [-0.4, -0.2) is 29.4 Å². The van der Waals surface area contributed by atoms with Gasteiger partial charge in [0.1, 0.15) is 6.54 Å². The maximum atomic E-state index is 12.2. The molecule has 0 aromatic carbocycles. The molecule has 1 heterocycles. The minimum Gasteiger partial charge on any atom is -0.346 e. The highest BCUT2D eigenvalue weighted by Gasteiger charge is 2.30. The van der Waals surface area contributed by atoms with Crippen LogP contribution in [0.1, 0.15) is 5.56 Å². The molecular weight excluding hydrogens is 310 g/mol. The highest BCUT2D eigenvalue weighted by Crippen LogP contribution is 2.29. The number of halogens is 6. The summed E-state index contributed by atoms with van der Waals surface area (Å²) in [4.78, 5) is 14.5. The molecule has 0 radical (unpaired) electrons. The van der Waals surface area contributed by atoms with Crippen molar-refractivity contribution in [3.05, 3.63) is 23.9 Å². The molecule has 10 heteroatoms. The lowest BCUT2D eigenvalue weighted by Crippen LogP contribution is -2.34. The van der Waals surface area contributed by atoms with Crippen molar-refractivity contribution >= 4 is 17.7 Å². The molecule has 1 aromatic heterocycles. The van der Waals surface area contributed by atoms with Crippen LogP contribution in [0.3, 0.4) is 0 Å². The van der Waals surface area contributed by atoms with Crippen LogP contribution in [0.25, 0.3) is 0 Å². The van der Waals surface area contributed by atoms with E-state index in [2.05, 4.69) is 4.98 Å². The van der Waals surface area contributed by atoms with E-state index in [4.69, 9.17) is 0 Å². The lowest BCUT2D eigenvalue weighted by atomic mass is 10.3. The van der Waals surface area contributed by atoms with Gasteiger partial charge < -0.3 is 5.32 Å². The second kappa shape index (κ2) is 6.33. The molecule has 0 atom stereocenters. The van der Waals surface area contributed by atoms with Crippen LogP contribution >= 0.6 is 11.8 Å². The first-order chi connectivity index (χ1) is 9.08. The smallest absolute Gasteiger partial charge is 0.346 e. The van der Waals surface area contributed by atoms with Gasteiger partial charge in [-0.05, 0) is 12.1 Å². The van der Waals surface area contributed by atoms with Gasteiger partial charge in [0.2, 0.25) is 5.91 Å². The Morgan fingerprint density at radius 1 is 1.20 bits per heavy atom. The minimum absolute atomic E-state index is 0.111. The van der Waals surface area contributed by atoms with E-state index >= 15 is 0 Å². The molecular formula is C10H8F6N2OS. The molecule has 0 spiro atoms. The van der Waals surface area contributed by atoms with Crippen molar-refractivity contribution in [1.29, 1.82) is 0 Å². The molecule has 0 aliphatic heterocycles. The highest BCUT2D eigenvalue weighted by molar-refractivity contribution is 7.99. The first kappa shape index (κ1) is 16.6. The van der Waals surface area contributed by atoms with Crippen molar-refractivity contribution in [2.45, 2.75) is 17.4 Å². The summed E-state index contributed by atoms with van der Waals surface area (Å²) in [5.74, 6) is -1.25. The molecule has 0 fully saturated rings. The number of carbonyl (C=O) groups excluding carboxylic acids is 1. The van der Waals surface area contributed by atoms with E-state index < -0.39 is 30.4 Å². The number of thioether (sulfide) groups is 1. The Kier molecular flexibility index (Phi) is 5.26. The van der Waals surface area contributed by atoms with Gasteiger partial charge in [0.15, 0.2) is 0 Å². The van der Waals surface area contributed by atoms with Crippen molar-refractivity contribution in [1.82, 2.24) is 10.3 Å². The Labute approximate surface area is 113 Å². The van der Waals surface area contributed by atoms with Gasteiger partial charge >= 0.3 is 12.4 Å². The summed E-state index contributed by atoms with van der Waals surface area (Å²) in [5.41, 5.74) is -0.941. The van der Waals surface area contributed by atoms with Crippen molar-refractivity contribution in [2.75, 3.05) is 12.3 Å². The van der Waals surface area contributed by atoms with E-state index in [0.29, 0.717) is 6.20 Å². The Balaban J connectivity index is 2.44. The van der Waals surface area contributed by atoms with Crippen LogP contribution in [0.15, 0.2) is 23.4 Å². The Morgan fingerprint density at radius 3 is 2.30 bits per heavy atom. The molecule has 0 saturated carbocycles. The third-order valence-electron chi connectivity index (χ3n) is 1.90. The summed E-state index contributed by atoms with van der Waals surface area (Å²) in [6, 6.07) is 1.83. The summed E-state index contributed by atoms with van der Waals surface area (Å²) < 4.78 is 72.1. The highest BCUT2D eigenvalue weighted by atomic mass is 32.2. The molecule has 20 heavy (non-hydrogen) atoms. The lowest BCUT2D eigenvalue weighted by Gasteiger charge is -2.08. The second-order valence-corrected chi connectivity index (χ2v) is 4.56. The maximum Gasteiger partial charge on any atom is 0.417 e. The van der Waals surface area contributed by atoms with Gasteiger partial charge in [0.25, 0.3) is 0 Å². The van der Waals surface area contributed by atoms with Gasteiger partial charge in [-0.2, -0.15) is 26.3 Å². The lowest BCUT2D eigenvalue weighted by molar-refractivity contribution is -0.137. The van der Waals surface area contributed by atoms with Crippen LogP contribution in [0.2, 0.25) is 0 Å². The topological polar surface area (TPSA) is 42.0 Å². The standard InChI is InChI=1S/C10H8F6N2OS/c11-9(12,13)5-18-7(19)4-20-8-2-1-6(3-17-8)10(14,15)16/h1-3H,4-5H2,(H,18,19). The maximum absolute atomic E-state index is 12.2. The van der Waals surface area contributed by atoms with Crippen LogP contribution in [0, 0.1) is 0 Å². The number of aromatic nitrogens is 1. The summed E-state index contributed by atoms with van der Waals surface area (Å²) in [7, 11) is 0. The Bertz CT molecular complexity index is 456. The van der Waals surface area contributed by atoms with Gasteiger partial charge in [-0.1, -0.05) is 11.8 Å². The third kappa shape index (κ3) is 6.13. The SMILES string of the molecule is O=C(CSc1ccc(C(F)(F)F)cn1)NCC(F)(F)F. The predicted octanol–water partition coefficient (Wildman–Crippen LogP) is 2.87. The minimum atomic E-state index is -4.51. The van der Waals surface area contributed by atoms with Crippen LogP contribution < -0.4 is 5.32 Å². The quantitative estimate of drug-likeness (QED) is 0.686. The average molecular weight is 318 g/mol. The van der Waals surface area contributed by atoms with Gasteiger partial charge in [0.05, 0.1) is 16.3 Å². The fourth-order valence-corrected chi connectivity index (χ4v) is 1.70.